The quantitative estimate of drug-likeness (QED) is 0.751. The molecule has 1 atom stereocenters. The van der Waals surface area contributed by atoms with Crippen LogP contribution in [-0.2, 0) is 6.42 Å². The molecule has 1 unspecified atom stereocenters. The molecule has 0 saturated carbocycles. The molecule has 13 heavy (non-hydrogen) atoms. The first-order valence-corrected chi connectivity index (χ1v) is 5.50. The Balaban J connectivity index is 1.97. The van der Waals surface area contributed by atoms with Crippen molar-refractivity contribution < 1.29 is 5.11 Å². The van der Waals surface area contributed by atoms with Gasteiger partial charge in [-0.1, -0.05) is 12.1 Å². The first-order valence-electron chi connectivity index (χ1n) is 4.45. The molecule has 0 aromatic heterocycles. The lowest BCUT2D eigenvalue weighted by molar-refractivity contribution is 0.475. The van der Waals surface area contributed by atoms with Crippen molar-refractivity contribution in [2.45, 2.75) is 11.7 Å². The zero-order chi connectivity index (χ0) is 9.10. The summed E-state index contributed by atoms with van der Waals surface area (Å²) in [6, 6.07) is 7.49. The molecule has 2 N–H and O–H groups in total. The van der Waals surface area contributed by atoms with Crippen LogP contribution in [0.15, 0.2) is 24.3 Å². The highest BCUT2D eigenvalue weighted by Crippen LogP contribution is 2.20. The van der Waals surface area contributed by atoms with Gasteiger partial charge in [-0.2, -0.15) is 0 Å². The topological polar surface area (TPSA) is 32.3 Å². The van der Waals surface area contributed by atoms with E-state index in [-0.39, 0.29) is 0 Å². The van der Waals surface area contributed by atoms with E-state index in [2.05, 4.69) is 5.32 Å². The third kappa shape index (κ3) is 2.39. The second-order valence-electron chi connectivity index (χ2n) is 3.26. The van der Waals surface area contributed by atoms with Crippen LogP contribution in [0.4, 0.5) is 0 Å². The van der Waals surface area contributed by atoms with Crippen LogP contribution in [0.1, 0.15) is 5.56 Å². The standard InChI is InChI=1S/C10H13NOS/c12-9-3-1-8(2-4-9)5-10-6-11-7-13-10/h1-4,10-12H,5-7H2. The summed E-state index contributed by atoms with van der Waals surface area (Å²) in [5.74, 6) is 1.42. The zero-order valence-corrected chi connectivity index (χ0v) is 8.18. The van der Waals surface area contributed by atoms with Crippen LogP contribution in [-0.4, -0.2) is 22.8 Å². The Bertz CT molecular complexity index is 267. The Kier molecular flexibility index (Phi) is 2.76. The Morgan fingerprint density at radius 3 is 2.77 bits per heavy atom. The second-order valence-corrected chi connectivity index (χ2v) is 4.55. The van der Waals surface area contributed by atoms with Crippen molar-refractivity contribution in [1.29, 1.82) is 0 Å². The van der Waals surface area contributed by atoms with Crippen LogP contribution >= 0.6 is 11.8 Å². The molecule has 3 heteroatoms. The van der Waals surface area contributed by atoms with E-state index in [9.17, 15) is 0 Å². The Morgan fingerprint density at radius 2 is 2.15 bits per heavy atom. The summed E-state index contributed by atoms with van der Waals surface area (Å²) in [7, 11) is 0. The lowest BCUT2D eigenvalue weighted by Crippen LogP contribution is -2.14. The van der Waals surface area contributed by atoms with Gasteiger partial charge < -0.3 is 10.4 Å². The van der Waals surface area contributed by atoms with Gasteiger partial charge in [0.2, 0.25) is 0 Å². The molecule has 1 saturated heterocycles. The van der Waals surface area contributed by atoms with Crippen LogP contribution in [0.5, 0.6) is 5.75 Å². The van der Waals surface area contributed by atoms with Crippen molar-refractivity contribution >= 4 is 11.8 Å². The maximum atomic E-state index is 9.10. The number of rotatable bonds is 2. The van der Waals surface area contributed by atoms with Gasteiger partial charge in [-0.15, -0.1) is 11.8 Å². The molecule has 1 aliphatic heterocycles. The van der Waals surface area contributed by atoms with Gasteiger partial charge in [0.15, 0.2) is 0 Å². The van der Waals surface area contributed by atoms with E-state index in [0.717, 1.165) is 18.8 Å². The van der Waals surface area contributed by atoms with E-state index in [1.807, 2.05) is 23.9 Å². The Hall–Kier alpha value is -0.670. The summed E-state index contributed by atoms with van der Waals surface area (Å²) in [5.41, 5.74) is 1.30. The number of thioether (sulfide) groups is 1. The molecule has 0 amide bonds. The summed E-state index contributed by atoms with van der Waals surface area (Å²) in [6.07, 6.45) is 1.10. The molecule has 1 heterocycles. The van der Waals surface area contributed by atoms with Crippen molar-refractivity contribution in [1.82, 2.24) is 5.32 Å². The van der Waals surface area contributed by atoms with Crippen molar-refractivity contribution in [3.8, 4) is 5.75 Å². The summed E-state index contributed by atoms with van der Waals surface area (Å²) in [5, 5.41) is 13.1. The van der Waals surface area contributed by atoms with Gasteiger partial charge >= 0.3 is 0 Å². The molecule has 2 rings (SSSR count). The van der Waals surface area contributed by atoms with Gasteiger partial charge in [0.25, 0.3) is 0 Å². The molecule has 1 aromatic rings. The van der Waals surface area contributed by atoms with Gasteiger partial charge in [0.1, 0.15) is 5.75 Å². The van der Waals surface area contributed by atoms with Crippen molar-refractivity contribution in [3.05, 3.63) is 29.8 Å². The highest BCUT2D eigenvalue weighted by Gasteiger charge is 2.14. The van der Waals surface area contributed by atoms with Gasteiger partial charge in [0.05, 0.1) is 0 Å². The fourth-order valence-electron chi connectivity index (χ4n) is 1.48. The van der Waals surface area contributed by atoms with Crippen molar-refractivity contribution in [2.75, 3.05) is 12.4 Å². The number of benzene rings is 1. The fraction of sp³-hybridized carbons (Fsp3) is 0.400. The zero-order valence-electron chi connectivity index (χ0n) is 7.36. The molecule has 70 valence electrons. The number of nitrogens with one attached hydrogen (secondary N) is 1. The van der Waals surface area contributed by atoms with Gasteiger partial charge in [-0.05, 0) is 24.1 Å². The number of hydrogen-bond acceptors (Lipinski definition) is 3. The summed E-state index contributed by atoms with van der Waals surface area (Å²) in [6.45, 7) is 1.10. The van der Waals surface area contributed by atoms with Crippen molar-refractivity contribution in [2.24, 2.45) is 0 Å². The number of phenols is 1. The predicted octanol–water partition coefficient (Wildman–Crippen LogP) is 1.60. The van der Waals surface area contributed by atoms with E-state index in [1.54, 1.807) is 12.1 Å². The van der Waals surface area contributed by atoms with Crippen LogP contribution in [0.25, 0.3) is 0 Å². The van der Waals surface area contributed by atoms with Crippen molar-refractivity contribution in [3.63, 3.8) is 0 Å². The van der Waals surface area contributed by atoms with Crippen LogP contribution < -0.4 is 5.32 Å². The summed E-state index contributed by atoms with van der Waals surface area (Å²) < 4.78 is 0. The lowest BCUT2D eigenvalue weighted by Gasteiger charge is -2.06. The van der Waals surface area contributed by atoms with E-state index in [4.69, 9.17) is 5.11 Å². The maximum absolute atomic E-state index is 9.10. The van der Waals surface area contributed by atoms with E-state index < -0.39 is 0 Å². The minimum Gasteiger partial charge on any atom is -0.508 e. The minimum absolute atomic E-state index is 0.348. The summed E-state index contributed by atoms with van der Waals surface area (Å²) in [4.78, 5) is 0. The predicted molar refractivity (Wildman–Crippen MR) is 56.1 cm³/mol. The van der Waals surface area contributed by atoms with E-state index >= 15 is 0 Å². The van der Waals surface area contributed by atoms with Gasteiger partial charge in [-0.25, -0.2) is 0 Å². The molecule has 0 spiro atoms. The van der Waals surface area contributed by atoms with Crippen LogP contribution in [0, 0.1) is 0 Å². The fourth-order valence-corrected chi connectivity index (χ4v) is 2.50. The minimum atomic E-state index is 0.348. The third-order valence-electron chi connectivity index (χ3n) is 2.19. The third-order valence-corrected chi connectivity index (χ3v) is 3.37. The second kappa shape index (κ2) is 4.03. The largest absolute Gasteiger partial charge is 0.508 e. The molecule has 1 fully saturated rings. The highest BCUT2D eigenvalue weighted by molar-refractivity contribution is 8.00. The molecule has 2 nitrogen and oxygen atoms in total. The van der Waals surface area contributed by atoms with Gasteiger partial charge in [0, 0.05) is 17.7 Å². The number of phenolic OH excluding ortho intramolecular Hbond substituents is 1. The Labute approximate surface area is 82.4 Å². The number of hydrogen-bond donors (Lipinski definition) is 2. The molecular weight excluding hydrogens is 182 g/mol. The normalized spacial score (nSPS) is 22.0. The molecule has 0 aliphatic carbocycles. The smallest absolute Gasteiger partial charge is 0.115 e. The summed E-state index contributed by atoms with van der Waals surface area (Å²) >= 11 is 1.97. The highest BCUT2D eigenvalue weighted by atomic mass is 32.2. The number of aromatic hydroxyl groups is 1. The van der Waals surface area contributed by atoms with Gasteiger partial charge in [-0.3, -0.25) is 0 Å². The first-order chi connectivity index (χ1) is 6.34. The van der Waals surface area contributed by atoms with Crippen LogP contribution in [0.3, 0.4) is 0 Å². The average Bonchev–Trinajstić information content (AvgIpc) is 2.62. The molecular formula is C10H13NOS. The molecule has 0 bridgehead atoms. The molecule has 0 radical (unpaired) electrons. The molecule has 1 aromatic carbocycles. The Morgan fingerprint density at radius 1 is 1.38 bits per heavy atom. The monoisotopic (exact) mass is 195 g/mol. The van der Waals surface area contributed by atoms with E-state index in [0.29, 0.717) is 11.0 Å². The lowest BCUT2D eigenvalue weighted by atomic mass is 10.1. The van der Waals surface area contributed by atoms with E-state index in [1.165, 1.54) is 5.56 Å². The first kappa shape index (κ1) is 8.91. The maximum Gasteiger partial charge on any atom is 0.115 e. The van der Waals surface area contributed by atoms with Crippen LogP contribution in [0.2, 0.25) is 0 Å². The molecule has 1 aliphatic rings. The SMILES string of the molecule is Oc1ccc(CC2CNCS2)cc1. The average molecular weight is 195 g/mol.